The average Bonchev–Trinajstić information content (AvgIpc) is 3.12. The molecule has 2 N–H and O–H groups in total. The van der Waals surface area contributed by atoms with Crippen molar-refractivity contribution in [3.8, 4) is 0 Å². The summed E-state index contributed by atoms with van der Waals surface area (Å²) in [6, 6.07) is 1.25. The maximum atomic E-state index is 4.29. The van der Waals surface area contributed by atoms with Gasteiger partial charge in [-0.1, -0.05) is 18.3 Å². The normalized spacial score (nSPS) is 28.3. The molecule has 2 fully saturated rings. The molecule has 0 bridgehead atoms. The van der Waals surface area contributed by atoms with E-state index in [4.69, 9.17) is 0 Å². The van der Waals surface area contributed by atoms with Gasteiger partial charge in [0.1, 0.15) is 5.01 Å². The van der Waals surface area contributed by atoms with Crippen molar-refractivity contribution in [2.75, 3.05) is 11.9 Å². The third kappa shape index (κ3) is 3.01. The van der Waals surface area contributed by atoms with Gasteiger partial charge >= 0.3 is 0 Å². The Hall–Kier alpha value is -0.680. The zero-order chi connectivity index (χ0) is 12.4. The Bertz CT molecular complexity index is 386. The van der Waals surface area contributed by atoms with E-state index in [0.717, 1.165) is 17.6 Å². The van der Waals surface area contributed by atoms with Gasteiger partial charge in [0.25, 0.3) is 0 Å². The molecule has 3 rings (SSSR count). The maximum absolute atomic E-state index is 4.29. The molecule has 0 aliphatic heterocycles. The lowest BCUT2D eigenvalue weighted by Crippen LogP contribution is -2.38. The predicted molar refractivity (Wildman–Crippen MR) is 75.2 cm³/mol. The molecule has 2 aliphatic carbocycles. The van der Waals surface area contributed by atoms with Gasteiger partial charge < -0.3 is 10.6 Å². The number of aromatic nitrogens is 2. The van der Waals surface area contributed by atoms with E-state index in [-0.39, 0.29) is 0 Å². The number of hydrogen-bond donors (Lipinski definition) is 2. The van der Waals surface area contributed by atoms with Crippen LogP contribution in [0.15, 0.2) is 0 Å². The van der Waals surface area contributed by atoms with Crippen LogP contribution < -0.4 is 10.6 Å². The molecule has 18 heavy (non-hydrogen) atoms. The molecule has 0 spiro atoms. The number of nitrogens with one attached hydrogen (secondary N) is 2. The second-order valence-corrected chi connectivity index (χ2v) is 6.49. The van der Waals surface area contributed by atoms with Crippen molar-refractivity contribution in [1.82, 2.24) is 15.5 Å². The molecule has 0 aromatic carbocycles. The summed E-state index contributed by atoms with van der Waals surface area (Å²) in [4.78, 5) is 0. The molecule has 5 heteroatoms. The molecule has 100 valence electrons. The highest BCUT2D eigenvalue weighted by Crippen LogP contribution is 2.42. The maximum Gasteiger partial charge on any atom is 0.205 e. The van der Waals surface area contributed by atoms with Gasteiger partial charge in [-0.25, -0.2) is 0 Å². The summed E-state index contributed by atoms with van der Waals surface area (Å²) in [6.45, 7) is 3.26. The molecule has 1 heterocycles. The van der Waals surface area contributed by atoms with Crippen LogP contribution >= 0.6 is 11.3 Å². The van der Waals surface area contributed by atoms with E-state index in [9.17, 15) is 0 Å². The lowest BCUT2D eigenvalue weighted by Gasteiger charge is -2.29. The Labute approximate surface area is 113 Å². The fourth-order valence-electron chi connectivity index (χ4n) is 2.76. The molecular weight excluding hydrogens is 244 g/mol. The molecular formula is C13H22N4S. The van der Waals surface area contributed by atoms with Crippen molar-refractivity contribution in [3.05, 3.63) is 5.01 Å². The van der Waals surface area contributed by atoms with Crippen LogP contribution in [-0.2, 0) is 0 Å². The van der Waals surface area contributed by atoms with E-state index in [1.165, 1.54) is 43.5 Å². The fourth-order valence-corrected chi connectivity index (χ4v) is 3.75. The molecule has 1 aromatic heterocycles. The van der Waals surface area contributed by atoms with Gasteiger partial charge in [0, 0.05) is 18.0 Å². The van der Waals surface area contributed by atoms with Gasteiger partial charge in [0.15, 0.2) is 0 Å². The summed E-state index contributed by atoms with van der Waals surface area (Å²) in [6.07, 6.45) is 7.71. The van der Waals surface area contributed by atoms with E-state index < -0.39 is 0 Å². The van der Waals surface area contributed by atoms with E-state index in [1.807, 2.05) is 0 Å². The fraction of sp³-hybridized carbons (Fsp3) is 0.846. The van der Waals surface area contributed by atoms with Crippen molar-refractivity contribution >= 4 is 16.5 Å². The van der Waals surface area contributed by atoms with Crippen molar-refractivity contribution in [1.29, 1.82) is 0 Å². The third-order valence-corrected chi connectivity index (χ3v) is 4.88. The van der Waals surface area contributed by atoms with E-state index in [1.54, 1.807) is 11.3 Å². The van der Waals surface area contributed by atoms with E-state index >= 15 is 0 Å². The standard InChI is InChI=1S/C13H22N4S/c1-2-14-10-4-3-5-11(8-10)15-13-17-16-12(18-13)9-6-7-9/h9-11,14H,2-8H2,1H3,(H,15,17)/t10-,11+/m0/s1. The van der Waals surface area contributed by atoms with Crippen LogP contribution in [0.5, 0.6) is 0 Å². The Morgan fingerprint density at radius 2 is 2.00 bits per heavy atom. The van der Waals surface area contributed by atoms with Crippen LogP contribution in [-0.4, -0.2) is 28.8 Å². The van der Waals surface area contributed by atoms with Gasteiger partial charge in [0.2, 0.25) is 5.13 Å². The molecule has 0 unspecified atom stereocenters. The molecule has 2 atom stereocenters. The molecule has 0 radical (unpaired) electrons. The summed E-state index contributed by atoms with van der Waals surface area (Å²) in [5, 5.41) is 18.0. The molecule has 2 saturated carbocycles. The van der Waals surface area contributed by atoms with Gasteiger partial charge in [-0.2, -0.15) is 0 Å². The first kappa shape index (κ1) is 12.4. The first-order chi connectivity index (χ1) is 8.85. The average molecular weight is 266 g/mol. The van der Waals surface area contributed by atoms with Crippen molar-refractivity contribution in [2.24, 2.45) is 0 Å². The highest BCUT2D eigenvalue weighted by Gasteiger charge is 2.28. The minimum atomic E-state index is 0.572. The highest BCUT2D eigenvalue weighted by atomic mass is 32.1. The van der Waals surface area contributed by atoms with Crippen LogP contribution in [0.4, 0.5) is 5.13 Å². The largest absolute Gasteiger partial charge is 0.357 e. The molecule has 1 aromatic rings. The van der Waals surface area contributed by atoms with E-state index in [0.29, 0.717) is 12.1 Å². The molecule has 0 amide bonds. The predicted octanol–water partition coefficient (Wildman–Crippen LogP) is 2.75. The summed E-state index contributed by atoms with van der Waals surface area (Å²) in [5.74, 6) is 0.721. The number of anilines is 1. The summed E-state index contributed by atoms with van der Waals surface area (Å²) in [7, 11) is 0. The van der Waals surface area contributed by atoms with Crippen LogP contribution in [0.2, 0.25) is 0 Å². The quantitative estimate of drug-likeness (QED) is 0.860. The number of hydrogen-bond acceptors (Lipinski definition) is 5. The number of nitrogens with zero attached hydrogens (tertiary/aromatic N) is 2. The smallest absolute Gasteiger partial charge is 0.205 e. The minimum Gasteiger partial charge on any atom is -0.357 e. The van der Waals surface area contributed by atoms with Crippen molar-refractivity contribution in [2.45, 2.75) is 63.5 Å². The Morgan fingerprint density at radius 1 is 1.17 bits per heavy atom. The van der Waals surface area contributed by atoms with Gasteiger partial charge in [-0.15, -0.1) is 10.2 Å². The summed E-state index contributed by atoms with van der Waals surface area (Å²) >= 11 is 1.76. The zero-order valence-electron chi connectivity index (χ0n) is 11.0. The Kier molecular flexibility index (Phi) is 3.80. The first-order valence-electron chi connectivity index (χ1n) is 7.18. The van der Waals surface area contributed by atoms with Crippen LogP contribution in [0, 0.1) is 0 Å². The van der Waals surface area contributed by atoms with Gasteiger partial charge in [-0.05, 0) is 45.1 Å². The van der Waals surface area contributed by atoms with Gasteiger partial charge in [-0.3, -0.25) is 0 Å². The molecule has 2 aliphatic rings. The highest BCUT2D eigenvalue weighted by molar-refractivity contribution is 7.15. The SMILES string of the molecule is CCN[C@H]1CCC[C@@H](Nc2nnc(C3CC3)s2)C1. The van der Waals surface area contributed by atoms with Crippen LogP contribution in [0.25, 0.3) is 0 Å². The van der Waals surface area contributed by atoms with Crippen LogP contribution in [0.1, 0.15) is 56.4 Å². The molecule has 4 nitrogen and oxygen atoms in total. The lowest BCUT2D eigenvalue weighted by molar-refractivity contribution is 0.357. The third-order valence-electron chi connectivity index (χ3n) is 3.86. The van der Waals surface area contributed by atoms with Gasteiger partial charge in [0.05, 0.1) is 0 Å². The Balaban J connectivity index is 1.54. The monoisotopic (exact) mass is 266 g/mol. The summed E-state index contributed by atoms with van der Waals surface area (Å²) < 4.78 is 0. The molecule has 0 saturated heterocycles. The minimum absolute atomic E-state index is 0.572. The topological polar surface area (TPSA) is 49.8 Å². The zero-order valence-corrected chi connectivity index (χ0v) is 11.8. The first-order valence-corrected chi connectivity index (χ1v) is 8.00. The number of rotatable bonds is 5. The van der Waals surface area contributed by atoms with Crippen molar-refractivity contribution < 1.29 is 0 Å². The summed E-state index contributed by atoms with van der Waals surface area (Å²) in [5.41, 5.74) is 0. The second kappa shape index (κ2) is 5.53. The Morgan fingerprint density at radius 3 is 2.78 bits per heavy atom. The second-order valence-electron chi connectivity index (χ2n) is 5.48. The van der Waals surface area contributed by atoms with Crippen LogP contribution in [0.3, 0.4) is 0 Å². The van der Waals surface area contributed by atoms with Crippen molar-refractivity contribution in [3.63, 3.8) is 0 Å². The lowest BCUT2D eigenvalue weighted by atomic mass is 9.91. The van der Waals surface area contributed by atoms with E-state index in [2.05, 4.69) is 27.8 Å².